The van der Waals surface area contributed by atoms with Crippen LogP contribution >= 0.6 is 0 Å². The summed E-state index contributed by atoms with van der Waals surface area (Å²) in [4.78, 5) is 21.9. The highest BCUT2D eigenvalue weighted by molar-refractivity contribution is 5.67. The third kappa shape index (κ3) is 6.65. The standard InChI is InChI=1S/C15H20N4O4/c1-15(2,3)23-14(20)18-8-4-7-17-12-9-11(10-16)5-6-13(12)19(21)22/h5-6,9,17H,4,7-8H2,1-3H3,(H,18,20). The molecule has 8 heteroatoms. The van der Waals surface area contributed by atoms with Crippen LogP contribution in [0.3, 0.4) is 0 Å². The summed E-state index contributed by atoms with van der Waals surface area (Å²) in [5, 5.41) is 25.3. The van der Waals surface area contributed by atoms with Gasteiger partial charge < -0.3 is 15.4 Å². The highest BCUT2D eigenvalue weighted by atomic mass is 16.6. The van der Waals surface area contributed by atoms with E-state index in [9.17, 15) is 14.9 Å². The minimum absolute atomic E-state index is 0.0934. The highest BCUT2D eigenvalue weighted by Gasteiger charge is 2.16. The van der Waals surface area contributed by atoms with Gasteiger partial charge in [-0.1, -0.05) is 0 Å². The van der Waals surface area contributed by atoms with E-state index in [1.165, 1.54) is 18.2 Å². The molecule has 23 heavy (non-hydrogen) atoms. The maximum absolute atomic E-state index is 11.4. The summed E-state index contributed by atoms with van der Waals surface area (Å²) in [5.41, 5.74) is -0.0267. The Morgan fingerprint density at radius 3 is 2.65 bits per heavy atom. The molecular weight excluding hydrogens is 300 g/mol. The highest BCUT2D eigenvalue weighted by Crippen LogP contribution is 2.25. The smallest absolute Gasteiger partial charge is 0.407 e. The lowest BCUT2D eigenvalue weighted by Gasteiger charge is -2.19. The molecule has 0 unspecified atom stereocenters. The molecule has 0 aliphatic heterocycles. The molecule has 124 valence electrons. The Morgan fingerprint density at radius 1 is 1.39 bits per heavy atom. The van der Waals surface area contributed by atoms with Crippen LogP contribution in [0.5, 0.6) is 0 Å². The van der Waals surface area contributed by atoms with Crippen LogP contribution in [-0.2, 0) is 4.74 Å². The van der Waals surface area contributed by atoms with Crippen LogP contribution in [0, 0.1) is 21.4 Å². The monoisotopic (exact) mass is 320 g/mol. The van der Waals surface area contributed by atoms with Crippen LogP contribution in [0.15, 0.2) is 18.2 Å². The Kier molecular flexibility index (Phi) is 6.33. The third-order valence-electron chi connectivity index (χ3n) is 2.66. The number of benzene rings is 1. The Bertz CT molecular complexity index is 617. The van der Waals surface area contributed by atoms with Gasteiger partial charge in [-0.05, 0) is 39.3 Å². The maximum Gasteiger partial charge on any atom is 0.407 e. The van der Waals surface area contributed by atoms with Crippen LogP contribution in [0.25, 0.3) is 0 Å². The molecule has 0 aliphatic rings. The Hall–Kier alpha value is -2.82. The Morgan fingerprint density at radius 2 is 2.09 bits per heavy atom. The maximum atomic E-state index is 11.4. The zero-order valence-electron chi connectivity index (χ0n) is 13.4. The second kappa shape index (κ2) is 7.98. The van der Waals surface area contributed by atoms with E-state index in [4.69, 9.17) is 10.00 Å². The van der Waals surface area contributed by atoms with E-state index < -0.39 is 16.6 Å². The van der Waals surface area contributed by atoms with E-state index in [2.05, 4.69) is 10.6 Å². The molecule has 2 N–H and O–H groups in total. The second-order valence-electron chi connectivity index (χ2n) is 5.81. The largest absolute Gasteiger partial charge is 0.444 e. The fraction of sp³-hybridized carbons (Fsp3) is 0.467. The number of nitrogens with zero attached hydrogens (tertiary/aromatic N) is 2. The molecule has 1 aromatic rings. The fourth-order valence-corrected chi connectivity index (χ4v) is 1.72. The van der Waals surface area contributed by atoms with Crippen molar-refractivity contribution in [1.29, 1.82) is 5.26 Å². The van der Waals surface area contributed by atoms with E-state index in [1.807, 2.05) is 6.07 Å². The number of ether oxygens (including phenoxy) is 1. The van der Waals surface area contributed by atoms with E-state index >= 15 is 0 Å². The van der Waals surface area contributed by atoms with Gasteiger partial charge in [0.2, 0.25) is 0 Å². The first-order valence-electron chi connectivity index (χ1n) is 7.12. The molecule has 0 fully saturated rings. The minimum Gasteiger partial charge on any atom is -0.444 e. The number of nitro groups is 1. The molecule has 0 atom stereocenters. The van der Waals surface area contributed by atoms with Crippen molar-refractivity contribution < 1.29 is 14.5 Å². The van der Waals surface area contributed by atoms with Gasteiger partial charge in [-0.2, -0.15) is 5.26 Å². The predicted octanol–water partition coefficient (Wildman–Crippen LogP) is 2.79. The van der Waals surface area contributed by atoms with Gasteiger partial charge in [0, 0.05) is 19.2 Å². The van der Waals surface area contributed by atoms with Crippen molar-refractivity contribution in [3.05, 3.63) is 33.9 Å². The Balaban J connectivity index is 2.46. The number of hydrogen-bond acceptors (Lipinski definition) is 6. The first-order chi connectivity index (χ1) is 10.7. The van der Waals surface area contributed by atoms with Crippen molar-refractivity contribution in [3.63, 3.8) is 0 Å². The molecule has 0 bridgehead atoms. The third-order valence-corrected chi connectivity index (χ3v) is 2.66. The number of carbonyl (C=O) groups excluding carboxylic acids is 1. The summed E-state index contributed by atoms with van der Waals surface area (Å²) in [6, 6.07) is 6.05. The summed E-state index contributed by atoms with van der Waals surface area (Å²) in [6.45, 7) is 6.10. The molecular formula is C15H20N4O4. The minimum atomic E-state index is -0.555. The topological polar surface area (TPSA) is 117 Å². The molecule has 0 saturated carbocycles. The molecule has 1 rings (SSSR count). The molecule has 1 aromatic carbocycles. The van der Waals surface area contributed by atoms with Crippen molar-refractivity contribution >= 4 is 17.5 Å². The molecule has 0 heterocycles. The summed E-state index contributed by atoms with van der Waals surface area (Å²) < 4.78 is 5.09. The van der Waals surface area contributed by atoms with Crippen molar-refractivity contribution in [2.45, 2.75) is 32.8 Å². The number of anilines is 1. The number of carbonyl (C=O) groups is 1. The number of amides is 1. The molecule has 0 aromatic heterocycles. The average molecular weight is 320 g/mol. The molecule has 0 spiro atoms. The number of alkyl carbamates (subject to hydrolysis) is 1. The Labute approximate surface area is 134 Å². The molecule has 0 aliphatic carbocycles. The zero-order valence-corrected chi connectivity index (χ0v) is 13.4. The van der Waals surface area contributed by atoms with Crippen LogP contribution in [0.2, 0.25) is 0 Å². The van der Waals surface area contributed by atoms with E-state index in [0.717, 1.165) is 0 Å². The van der Waals surface area contributed by atoms with Gasteiger partial charge in [0.05, 0.1) is 16.6 Å². The van der Waals surface area contributed by atoms with Crippen LogP contribution in [0.4, 0.5) is 16.2 Å². The normalized spacial score (nSPS) is 10.5. The number of hydrogen-bond donors (Lipinski definition) is 2. The molecule has 1 amide bonds. The van der Waals surface area contributed by atoms with Gasteiger partial charge in [-0.15, -0.1) is 0 Å². The number of rotatable bonds is 6. The van der Waals surface area contributed by atoms with Crippen LogP contribution in [-0.4, -0.2) is 29.7 Å². The lowest BCUT2D eigenvalue weighted by Crippen LogP contribution is -2.33. The number of nitriles is 1. The lowest BCUT2D eigenvalue weighted by atomic mass is 10.2. The number of nitrogens with one attached hydrogen (secondary N) is 2. The summed E-state index contributed by atoms with van der Waals surface area (Å²) in [5.74, 6) is 0. The SMILES string of the molecule is CC(C)(C)OC(=O)NCCCNc1cc(C#N)ccc1[N+](=O)[O-]. The average Bonchev–Trinajstić information content (AvgIpc) is 2.44. The van der Waals surface area contributed by atoms with Gasteiger partial charge in [-0.3, -0.25) is 10.1 Å². The van der Waals surface area contributed by atoms with Crippen molar-refractivity contribution in [2.75, 3.05) is 18.4 Å². The van der Waals surface area contributed by atoms with Crippen molar-refractivity contribution in [2.24, 2.45) is 0 Å². The van der Waals surface area contributed by atoms with E-state index in [0.29, 0.717) is 25.1 Å². The van der Waals surface area contributed by atoms with Crippen LogP contribution < -0.4 is 10.6 Å². The quantitative estimate of drug-likeness (QED) is 0.473. The lowest BCUT2D eigenvalue weighted by molar-refractivity contribution is -0.384. The predicted molar refractivity (Wildman–Crippen MR) is 85.2 cm³/mol. The summed E-state index contributed by atoms with van der Waals surface area (Å²) >= 11 is 0. The fourth-order valence-electron chi connectivity index (χ4n) is 1.72. The first kappa shape index (κ1) is 18.2. The molecule has 0 radical (unpaired) electrons. The summed E-state index contributed by atoms with van der Waals surface area (Å²) in [7, 11) is 0. The molecule has 0 saturated heterocycles. The van der Waals surface area contributed by atoms with Crippen LogP contribution in [0.1, 0.15) is 32.8 Å². The zero-order chi connectivity index (χ0) is 17.5. The van der Waals surface area contributed by atoms with E-state index in [1.54, 1.807) is 20.8 Å². The van der Waals surface area contributed by atoms with Gasteiger partial charge in [0.1, 0.15) is 11.3 Å². The molecule has 8 nitrogen and oxygen atoms in total. The van der Waals surface area contributed by atoms with E-state index in [-0.39, 0.29) is 11.4 Å². The van der Waals surface area contributed by atoms with Crippen molar-refractivity contribution in [1.82, 2.24) is 5.32 Å². The number of nitro benzene ring substituents is 1. The first-order valence-corrected chi connectivity index (χ1v) is 7.12. The van der Waals surface area contributed by atoms with Gasteiger partial charge in [0.15, 0.2) is 0 Å². The second-order valence-corrected chi connectivity index (χ2v) is 5.81. The van der Waals surface area contributed by atoms with Gasteiger partial charge in [-0.25, -0.2) is 4.79 Å². The van der Waals surface area contributed by atoms with Gasteiger partial charge in [0.25, 0.3) is 5.69 Å². The summed E-state index contributed by atoms with van der Waals surface area (Å²) in [6.07, 6.45) is 0.0441. The van der Waals surface area contributed by atoms with Crippen molar-refractivity contribution in [3.8, 4) is 6.07 Å². The van der Waals surface area contributed by atoms with Gasteiger partial charge >= 0.3 is 6.09 Å².